The summed E-state index contributed by atoms with van der Waals surface area (Å²) in [6.07, 6.45) is 0.882. The summed E-state index contributed by atoms with van der Waals surface area (Å²) in [5.41, 5.74) is 0. The van der Waals surface area contributed by atoms with Crippen LogP contribution in [-0.4, -0.2) is 71.8 Å². The van der Waals surface area contributed by atoms with Gasteiger partial charge in [-0.05, 0) is 32.7 Å². The molecule has 1 amide bonds. The zero-order chi connectivity index (χ0) is 14.0. The fourth-order valence-electron chi connectivity index (χ4n) is 2.93. The van der Waals surface area contributed by atoms with Crippen molar-refractivity contribution in [3.63, 3.8) is 0 Å². The standard InChI is InChI=1S/C14H26N2O3/c1-10-4-5-15(8-13(10)17)9-14(18)16-6-11(2)19-12(3)7-16/h10-13,17H,4-9H2,1-3H3. The van der Waals surface area contributed by atoms with Crippen LogP contribution in [0.2, 0.25) is 0 Å². The molecule has 0 bridgehead atoms. The van der Waals surface area contributed by atoms with Gasteiger partial charge in [-0.15, -0.1) is 0 Å². The van der Waals surface area contributed by atoms with Crippen LogP contribution in [-0.2, 0) is 9.53 Å². The Morgan fingerprint density at radius 3 is 2.42 bits per heavy atom. The molecule has 0 spiro atoms. The number of likely N-dealkylation sites (tertiary alicyclic amines) is 1. The van der Waals surface area contributed by atoms with Gasteiger partial charge < -0.3 is 14.7 Å². The molecular weight excluding hydrogens is 244 g/mol. The summed E-state index contributed by atoms with van der Waals surface area (Å²) in [7, 11) is 0. The fraction of sp³-hybridized carbons (Fsp3) is 0.929. The largest absolute Gasteiger partial charge is 0.392 e. The maximum Gasteiger partial charge on any atom is 0.236 e. The normalized spacial score (nSPS) is 37.4. The molecule has 0 aromatic heterocycles. The van der Waals surface area contributed by atoms with E-state index in [-0.39, 0.29) is 24.2 Å². The minimum absolute atomic E-state index is 0.111. The van der Waals surface area contributed by atoms with Crippen molar-refractivity contribution in [3.05, 3.63) is 0 Å². The highest BCUT2D eigenvalue weighted by atomic mass is 16.5. The quantitative estimate of drug-likeness (QED) is 0.785. The van der Waals surface area contributed by atoms with Crippen molar-refractivity contribution in [1.29, 1.82) is 0 Å². The Balaban J connectivity index is 1.83. The van der Waals surface area contributed by atoms with Crippen LogP contribution in [0.1, 0.15) is 27.2 Å². The third kappa shape index (κ3) is 3.91. The van der Waals surface area contributed by atoms with Crippen LogP contribution in [0.5, 0.6) is 0 Å². The first-order chi connectivity index (χ1) is 8.95. The molecule has 4 atom stereocenters. The van der Waals surface area contributed by atoms with Gasteiger partial charge in [-0.25, -0.2) is 0 Å². The minimum atomic E-state index is -0.302. The second kappa shape index (κ2) is 6.20. The van der Waals surface area contributed by atoms with Gasteiger partial charge in [0.25, 0.3) is 0 Å². The molecule has 2 aliphatic rings. The first kappa shape index (κ1) is 14.8. The van der Waals surface area contributed by atoms with Gasteiger partial charge in [0, 0.05) is 19.6 Å². The number of ether oxygens (including phenoxy) is 1. The van der Waals surface area contributed by atoms with Crippen molar-refractivity contribution in [2.24, 2.45) is 5.92 Å². The number of hydrogen-bond donors (Lipinski definition) is 1. The monoisotopic (exact) mass is 270 g/mol. The van der Waals surface area contributed by atoms with Crippen molar-refractivity contribution in [3.8, 4) is 0 Å². The van der Waals surface area contributed by atoms with E-state index in [0.29, 0.717) is 32.1 Å². The lowest BCUT2D eigenvalue weighted by atomic mass is 9.96. The number of piperidine rings is 1. The SMILES string of the molecule is CC1CN(C(=O)CN2CCC(C)C(O)C2)CC(C)O1. The topological polar surface area (TPSA) is 53.0 Å². The Morgan fingerprint density at radius 1 is 1.21 bits per heavy atom. The number of β-amino-alcohol motifs (C(OH)–C–C–N with tert-alkyl or cyclic N) is 1. The smallest absolute Gasteiger partial charge is 0.236 e. The summed E-state index contributed by atoms with van der Waals surface area (Å²) in [6.45, 7) is 9.36. The van der Waals surface area contributed by atoms with Crippen molar-refractivity contribution in [2.45, 2.75) is 45.5 Å². The van der Waals surface area contributed by atoms with Crippen molar-refractivity contribution < 1.29 is 14.6 Å². The fourth-order valence-corrected chi connectivity index (χ4v) is 2.93. The van der Waals surface area contributed by atoms with Gasteiger partial charge in [0.05, 0.1) is 24.9 Å². The van der Waals surface area contributed by atoms with Gasteiger partial charge in [0.2, 0.25) is 5.91 Å². The average Bonchev–Trinajstić information content (AvgIpc) is 2.32. The highest BCUT2D eigenvalue weighted by Crippen LogP contribution is 2.17. The van der Waals surface area contributed by atoms with Crippen LogP contribution in [0.4, 0.5) is 0 Å². The number of carbonyl (C=O) groups is 1. The summed E-state index contributed by atoms with van der Waals surface area (Å²) >= 11 is 0. The Morgan fingerprint density at radius 2 is 1.84 bits per heavy atom. The van der Waals surface area contributed by atoms with Crippen LogP contribution in [0.3, 0.4) is 0 Å². The number of nitrogens with zero attached hydrogens (tertiary/aromatic N) is 2. The number of rotatable bonds is 2. The van der Waals surface area contributed by atoms with Gasteiger partial charge in [-0.3, -0.25) is 9.69 Å². The van der Waals surface area contributed by atoms with E-state index in [1.165, 1.54) is 0 Å². The summed E-state index contributed by atoms with van der Waals surface area (Å²) in [5.74, 6) is 0.499. The van der Waals surface area contributed by atoms with Gasteiger partial charge >= 0.3 is 0 Å². The highest BCUT2D eigenvalue weighted by Gasteiger charge is 2.29. The van der Waals surface area contributed by atoms with Gasteiger partial charge in [-0.2, -0.15) is 0 Å². The lowest BCUT2D eigenvalue weighted by Crippen LogP contribution is -2.53. The van der Waals surface area contributed by atoms with Crippen LogP contribution >= 0.6 is 0 Å². The molecule has 2 fully saturated rings. The molecule has 2 aliphatic heterocycles. The number of carbonyl (C=O) groups excluding carboxylic acids is 1. The molecule has 5 heteroatoms. The molecule has 0 aliphatic carbocycles. The maximum atomic E-state index is 12.3. The molecule has 0 aromatic rings. The van der Waals surface area contributed by atoms with Crippen LogP contribution in [0.15, 0.2) is 0 Å². The molecule has 0 saturated carbocycles. The van der Waals surface area contributed by atoms with E-state index < -0.39 is 0 Å². The Labute approximate surface area is 115 Å². The van der Waals surface area contributed by atoms with Crippen LogP contribution in [0.25, 0.3) is 0 Å². The van der Waals surface area contributed by atoms with Gasteiger partial charge in [0.15, 0.2) is 0 Å². The van der Waals surface area contributed by atoms with Gasteiger partial charge in [-0.1, -0.05) is 6.92 Å². The van der Waals surface area contributed by atoms with Crippen molar-refractivity contribution in [1.82, 2.24) is 9.80 Å². The summed E-state index contributed by atoms with van der Waals surface area (Å²) in [6, 6.07) is 0. The number of hydrogen-bond acceptors (Lipinski definition) is 4. The van der Waals surface area contributed by atoms with E-state index in [9.17, 15) is 9.90 Å². The minimum Gasteiger partial charge on any atom is -0.392 e. The lowest BCUT2D eigenvalue weighted by Gasteiger charge is -2.38. The van der Waals surface area contributed by atoms with E-state index in [1.54, 1.807) is 0 Å². The first-order valence-electron chi connectivity index (χ1n) is 7.29. The summed E-state index contributed by atoms with van der Waals surface area (Å²) in [4.78, 5) is 16.3. The average molecular weight is 270 g/mol. The first-order valence-corrected chi connectivity index (χ1v) is 7.29. The molecule has 2 saturated heterocycles. The zero-order valence-corrected chi connectivity index (χ0v) is 12.2. The van der Waals surface area contributed by atoms with Crippen molar-refractivity contribution in [2.75, 3.05) is 32.7 Å². The molecule has 5 nitrogen and oxygen atoms in total. The van der Waals surface area contributed by atoms with Crippen LogP contribution in [0, 0.1) is 5.92 Å². The van der Waals surface area contributed by atoms with E-state index in [0.717, 1.165) is 13.0 Å². The van der Waals surface area contributed by atoms with E-state index >= 15 is 0 Å². The van der Waals surface area contributed by atoms with E-state index in [1.807, 2.05) is 18.7 Å². The molecule has 2 heterocycles. The van der Waals surface area contributed by atoms with Gasteiger partial charge in [0.1, 0.15) is 0 Å². The maximum absolute atomic E-state index is 12.3. The molecule has 19 heavy (non-hydrogen) atoms. The van der Waals surface area contributed by atoms with Crippen molar-refractivity contribution >= 4 is 5.91 Å². The Bertz CT molecular complexity index is 314. The van der Waals surface area contributed by atoms with Crippen LogP contribution < -0.4 is 0 Å². The van der Waals surface area contributed by atoms with E-state index in [4.69, 9.17) is 4.74 Å². The Kier molecular flexibility index (Phi) is 4.81. The lowest BCUT2D eigenvalue weighted by molar-refractivity contribution is -0.145. The predicted molar refractivity (Wildman–Crippen MR) is 72.8 cm³/mol. The summed E-state index contributed by atoms with van der Waals surface area (Å²) < 4.78 is 5.64. The number of aliphatic hydroxyl groups is 1. The number of aliphatic hydroxyl groups excluding tert-OH is 1. The third-order valence-electron chi connectivity index (χ3n) is 4.13. The highest BCUT2D eigenvalue weighted by molar-refractivity contribution is 5.78. The van der Waals surface area contributed by atoms with E-state index in [2.05, 4.69) is 11.8 Å². The molecule has 4 unspecified atom stereocenters. The molecule has 2 rings (SSSR count). The predicted octanol–water partition coefficient (Wildman–Crippen LogP) is 0.325. The number of morpholine rings is 1. The molecule has 110 valence electrons. The second-order valence-corrected chi connectivity index (χ2v) is 6.12. The molecule has 1 N–H and O–H groups in total. The second-order valence-electron chi connectivity index (χ2n) is 6.12. The Hall–Kier alpha value is -0.650. The third-order valence-corrected chi connectivity index (χ3v) is 4.13. The molecule has 0 radical (unpaired) electrons. The zero-order valence-electron chi connectivity index (χ0n) is 12.2. The number of amides is 1. The molecular formula is C14H26N2O3. The molecule has 0 aromatic carbocycles. The summed E-state index contributed by atoms with van der Waals surface area (Å²) in [5, 5.41) is 9.87.